The lowest BCUT2D eigenvalue weighted by Gasteiger charge is -2.22. The van der Waals surface area contributed by atoms with Crippen LogP contribution < -0.4 is 19.9 Å². The van der Waals surface area contributed by atoms with E-state index >= 15 is 0 Å². The third kappa shape index (κ3) is 2.45. The molecule has 5 nitrogen and oxygen atoms in total. The van der Waals surface area contributed by atoms with Crippen LogP contribution in [-0.2, 0) is 0 Å². The van der Waals surface area contributed by atoms with E-state index in [1.54, 1.807) is 19.2 Å². The highest BCUT2D eigenvalue weighted by Crippen LogP contribution is 2.41. The minimum absolute atomic E-state index is 0.428. The maximum atomic E-state index is 9.91. The molecule has 0 aromatic heterocycles. The molecule has 1 aliphatic rings. The number of aliphatic hydroxyl groups excluding tert-OH is 1. The van der Waals surface area contributed by atoms with Gasteiger partial charge in [0.2, 0.25) is 5.75 Å². The summed E-state index contributed by atoms with van der Waals surface area (Å²) in [4.78, 5) is 0. The summed E-state index contributed by atoms with van der Waals surface area (Å²) in [6.07, 6.45) is -0.104. The van der Waals surface area contributed by atoms with E-state index in [0.717, 1.165) is 5.56 Å². The third-order valence-electron chi connectivity index (χ3n) is 2.68. The molecule has 17 heavy (non-hydrogen) atoms. The predicted octanol–water partition coefficient (Wildman–Crippen LogP) is 0.849. The summed E-state index contributed by atoms with van der Waals surface area (Å²) < 4.78 is 16.2. The van der Waals surface area contributed by atoms with Gasteiger partial charge < -0.3 is 25.1 Å². The van der Waals surface area contributed by atoms with Crippen LogP contribution in [0.3, 0.4) is 0 Å². The molecule has 1 heterocycles. The monoisotopic (exact) mass is 239 g/mol. The van der Waals surface area contributed by atoms with E-state index in [2.05, 4.69) is 0 Å². The lowest BCUT2D eigenvalue weighted by atomic mass is 10.1. The summed E-state index contributed by atoms with van der Waals surface area (Å²) in [5.74, 6) is 1.79. The molecule has 0 spiro atoms. The van der Waals surface area contributed by atoms with Gasteiger partial charge in [0.1, 0.15) is 13.2 Å². The van der Waals surface area contributed by atoms with Crippen molar-refractivity contribution in [2.75, 3.05) is 26.9 Å². The number of hydrogen-bond acceptors (Lipinski definition) is 5. The van der Waals surface area contributed by atoms with Crippen molar-refractivity contribution in [3.05, 3.63) is 17.7 Å². The molecular formula is C12H17NO4. The largest absolute Gasteiger partial charge is 0.493 e. The van der Waals surface area contributed by atoms with Gasteiger partial charge in [-0.2, -0.15) is 0 Å². The fraction of sp³-hybridized carbons (Fsp3) is 0.500. The Kier molecular flexibility index (Phi) is 3.71. The molecule has 0 bridgehead atoms. The Bertz CT molecular complexity index is 377. The zero-order valence-corrected chi connectivity index (χ0v) is 9.81. The Labute approximate surface area is 100 Å². The van der Waals surface area contributed by atoms with Gasteiger partial charge in [0.25, 0.3) is 0 Å². The SMILES string of the molecule is COc1cc([C@@H](O)CCN)cc2c1OCCO2. The maximum absolute atomic E-state index is 9.91. The van der Waals surface area contributed by atoms with E-state index < -0.39 is 6.10 Å². The molecule has 0 saturated heterocycles. The smallest absolute Gasteiger partial charge is 0.203 e. The summed E-state index contributed by atoms with van der Waals surface area (Å²) in [5.41, 5.74) is 6.16. The third-order valence-corrected chi connectivity index (χ3v) is 2.68. The van der Waals surface area contributed by atoms with Crippen molar-refractivity contribution in [2.24, 2.45) is 5.73 Å². The first kappa shape index (κ1) is 12.0. The summed E-state index contributed by atoms with van der Waals surface area (Å²) in [6.45, 7) is 1.44. The van der Waals surface area contributed by atoms with Crippen LogP contribution in [0.25, 0.3) is 0 Å². The molecule has 1 aromatic carbocycles. The molecule has 1 aromatic rings. The highest BCUT2D eigenvalue weighted by molar-refractivity contribution is 5.54. The van der Waals surface area contributed by atoms with Gasteiger partial charge in [-0.3, -0.25) is 0 Å². The van der Waals surface area contributed by atoms with Gasteiger partial charge in [0.05, 0.1) is 13.2 Å². The van der Waals surface area contributed by atoms with Gasteiger partial charge in [-0.1, -0.05) is 0 Å². The first-order chi connectivity index (χ1) is 8.26. The van der Waals surface area contributed by atoms with Crippen molar-refractivity contribution in [3.63, 3.8) is 0 Å². The predicted molar refractivity (Wildman–Crippen MR) is 62.6 cm³/mol. The average Bonchev–Trinajstić information content (AvgIpc) is 2.37. The lowest BCUT2D eigenvalue weighted by molar-refractivity contribution is 0.156. The average molecular weight is 239 g/mol. The standard InChI is InChI=1S/C12H17NO4/c1-15-10-6-8(9(14)2-3-13)7-11-12(10)17-5-4-16-11/h6-7,9,14H,2-5,13H2,1H3/t9-/m0/s1. The van der Waals surface area contributed by atoms with Gasteiger partial charge in [-0.15, -0.1) is 0 Å². The Morgan fingerprint density at radius 1 is 1.41 bits per heavy atom. The number of ether oxygens (including phenoxy) is 3. The molecule has 0 saturated carbocycles. The van der Waals surface area contributed by atoms with Gasteiger partial charge in [0.15, 0.2) is 11.5 Å². The Morgan fingerprint density at radius 3 is 2.88 bits per heavy atom. The van der Waals surface area contributed by atoms with Crippen molar-refractivity contribution < 1.29 is 19.3 Å². The Morgan fingerprint density at radius 2 is 2.18 bits per heavy atom. The van der Waals surface area contributed by atoms with Crippen molar-refractivity contribution in [3.8, 4) is 17.2 Å². The van der Waals surface area contributed by atoms with Crippen LogP contribution in [0, 0.1) is 0 Å². The van der Waals surface area contributed by atoms with Gasteiger partial charge >= 0.3 is 0 Å². The van der Waals surface area contributed by atoms with E-state index in [9.17, 15) is 5.11 Å². The second-order valence-electron chi connectivity index (χ2n) is 3.84. The topological polar surface area (TPSA) is 73.9 Å². The van der Waals surface area contributed by atoms with Crippen LogP contribution in [0.15, 0.2) is 12.1 Å². The molecule has 0 fully saturated rings. The second kappa shape index (κ2) is 5.25. The summed E-state index contributed by atoms with van der Waals surface area (Å²) in [5, 5.41) is 9.91. The number of aliphatic hydroxyl groups is 1. The zero-order chi connectivity index (χ0) is 12.3. The summed E-state index contributed by atoms with van der Waals surface area (Å²) >= 11 is 0. The van der Waals surface area contributed by atoms with E-state index in [1.165, 1.54) is 0 Å². The summed E-state index contributed by atoms with van der Waals surface area (Å²) in [7, 11) is 1.56. The zero-order valence-electron chi connectivity index (χ0n) is 9.81. The van der Waals surface area contributed by atoms with Gasteiger partial charge in [0, 0.05) is 0 Å². The molecule has 0 amide bonds. The number of nitrogens with two attached hydrogens (primary N) is 1. The molecule has 0 radical (unpaired) electrons. The van der Waals surface area contributed by atoms with E-state index in [4.69, 9.17) is 19.9 Å². The quantitative estimate of drug-likeness (QED) is 0.814. The summed E-state index contributed by atoms with van der Waals surface area (Å²) in [6, 6.07) is 3.53. The van der Waals surface area contributed by atoms with Crippen molar-refractivity contribution in [2.45, 2.75) is 12.5 Å². The second-order valence-corrected chi connectivity index (χ2v) is 3.84. The highest BCUT2D eigenvalue weighted by atomic mass is 16.6. The number of methoxy groups -OCH3 is 1. The lowest BCUT2D eigenvalue weighted by Crippen LogP contribution is -2.17. The molecule has 1 atom stereocenters. The maximum Gasteiger partial charge on any atom is 0.203 e. The van der Waals surface area contributed by atoms with Crippen LogP contribution in [0.4, 0.5) is 0 Å². The molecule has 94 valence electrons. The van der Waals surface area contributed by atoms with Crippen molar-refractivity contribution in [1.29, 1.82) is 0 Å². The number of rotatable bonds is 4. The van der Waals surface area contributed by atoms with Gasteiger partial charge in [-0.05, 0) is 30.7 Å². The van der Waals surface area contributed by atoms with E-state index in [0.29, 0.717) is 43.4 Å². The van der Waals surface area contributed by atoms with Crippen molar-refractivity contribution in [1.82, 2.24) is 0 Å². The van der Waals surface area contributed by atoms with Crippen LogP contribution in [-0.4, -0.2) is 32.0 Å². The molecule has 0 unspecified atom stereocenters. The van der Waals surface area contributed by atoms with Crippen LogP contribution in [0.2, 0.25) is 0 Å². The molecule has 3 N–H and O–H groups in total. The number of benzene rings is 1. The van der Waals surface area contributed by atoms with Crippen LogP contribution in [0.5, 0.6) is 17.2 Å². The first-order valence-corrected chi connectivity index (χ1v) is 5.62. The Hall–Kier alpha value is -1.46. The normalized spacial score (nSPS) is 15.5. The highest BCUT2D eigenvalue weighted by Gasteiger charge is 2.20. The minimum Gasteiger partial charge on any atom is -0.493 e. The first-order valence-electron chi connectivity index (χ1n) is 5.62. The molecule has 0 aliphatic carbocycles. The minimum atomic E-state index is -0.607. The molecule has 1 aliphatic heterocycles. The fourth-order valence-corrected chi connectivity index (χ4v) is 1.81. The van der Waals surface area contributed by atoms with Crippen molar-refractivity contribution >= 4 is 0 Å². The van der Waals surface area contributed by atoms with Gasteiger partial charge in [-0.25, -0.2) is 0 Å². The molecule has 5 heteroatoms. The van der Waals surface area contributed by atoms with Crippen LogP contribution >= 0.6 is 0 Å². The molecule has 2 rings (SSSR count). The van der Waals surface area contributed by atoms with E-state index in [1.807, 2.05) is 0 Å². The fourth-order valence-electron chi connectivity index (χ4n) is 1.81. The number of hydrogen-bond donors (Lipinski definition) is 2. The molecular weight excluding hydrogens is 222 g/mol. The van der Waals surface area contributed by atoms with Crippen LogP contribution in [0.1, 0.15) is 18.1 Å². The number of fused-ring (bicyclic) bond motifs is 1. The van der Waals surface area contributed by atoms with E-state index in [-0.39, 0.29) is 0 Å². The Balaban J connectivity index is 2.35.